The third-order valence-electron chi connectivity index (χ3n) is 2.86. The summed E-state index contributed by atoms with van der Waals surface area (Å²) in [6.07, 6.45) is 2.78. The third kappa shape index (κ3) is 1.23. The molecular formula is C12H12N2O. The molecule has 0 fully saturated rings. The van der Waals surface area contributed by atoms with Gasteiger partial charge in [-0.2, -0.15) is 0 Å². The number of para-hydroxylation sites is 1. The summed E-state index contributed by atoms with van der Waals surface area (Å²) in [7, 11) is 0. The summed E-state index contributed by atoms with van der Waals surface area (Å²) in [5.74, 6) is 0.915. The molecule has 15 heavy (non-hydrogen) atoms. The lowest BCUT2D eigenvalue weighted by atomic mass is 10.0. The Bertz CT molecular complexity index is 502. The van der Waals surface area contributed by atoms with Crippen LogP contribution in [0.25, 0.3) is 11.3 Å². The quantitative estimate of drug-likeness (QED) is 0.710. The van der Waals surface area contributed by atoms with Crippen LogP contribution in [-0.4, -0.2) is 11.7 Å². The summed E-state index contributed by atoms with van der Waals surface area (Å²) < 4.78 is 5.33. The molecule has 0 saturated carbocycles. The maximum absolute atomic E-state index is 5.33. The van der Waals surface area contributed by atoms with Crippen molar-refractivity contribution in [1.29, 1.82) is 0 Å². The van der Waals surface area contributed by atoms with Gasteiger partial charge in [0.25, 0.3) is 0 Å². The highest BCUT2D eigenvalue weighted by Crippen LogP contribution is 2.35. The molecule has 1 aromatic heterocycles. The lowest BCUT2D eigenvalue weighted by molar-refractivity contribution is 0.432. The first-order chi connectivity index (χ1) is 7.36. The summed E-state index contributed by atoms with van der Waals surface area (Å²) >= 11 is 0. The molecule has 0 saturated heterocycles. The third-order valence-corrected chi connectivity index (χ3v) is 2.86. The molecule has 3 heteroatoms. The molecule has 1 aliphatic rings. The van der Waals surface area contributed by atoms with Crippen molar-refractivity contribution in [3.63, 3.8) is 0 Å². The Morgan fingerprint density at radius 1 is 1.40 bits per heavy atom. The van der Waals surface area contributed by atoms with E-state index in [0.29, 0.717) is 0 Å². The second-order valence-electron chi connectivity index (χ2n) is 3.85. The van der Waals surface area contributed by atoms with Crippen molar-refractivity contribution in [2.24, 2.45) is 0 Å². The fraction of sp³-hybridized carbons (Fsp3) is 0.250. The van der Waals surface area contributed by atoms with E-state index in [1.165, 1.54) is 16.8 Å². The van der Waals surface area contributed by atoms with Gasteiger partial charge in [0.2, 0.25) is 0 Å². The van der Waals surface area contributed by atoms with Gasteiger partial charge in [0.1, 0.15) is 0 Å². The number of rotatable bonds is 0. The van der Waals surface area contributed by atoms with E-state index in [4.69, 9.17) is 4.52 Å². The Morgan fingerprint density at radius 3 is 3.27 bits per heavy atom. The Morgan fingerprint density at radius 2 is 2.33 bits per heavy atom. The van der Waals surface area contributed by atoms with E-state index in [1.54, 1.807) is 0 Å². The molecule has 2 aromatic rings. The van der Waals surface area contributed by atoms with Crippen molar-refractivity contribution in [3.05, 3.63) is 35.5 Å². The van der Waals surface area contributed by atoms with Crippen molar-refractivity contribution in [3.8, 4) is 11.3 Å². The van der Waals surface area contributed by atoms with Crippen molar-refractivity contribution in [1.82, 2.24) is 5.16 Å². The smallest absolute Gasteiger partial charge is 0.172 e. The van der Waals surface area contributed by atoms with Crippen LogP contribution in [0.4, 0.5) is 5.69 Å². The minimum Gasteiger partial charge on any atom is -0.384 e. The summed E-state index contributed by atoms with van der Waals surface area (Å²) in [5, 5.41) is 7.31. The number of anilines is 1. The van der Waals surface area contributed by atoms with Gasteiger partial charge in [0.15, 0.2) is 5.76 Å². The summed E-state index contributed by atoms with van der Waals surface area (Å²) in [5.41, 5.74) is 4.73. The molecule has 1 N–H and O–H groups in total. The zero-order valence-corrected chi connectivity index (χ0v) is 8.58. The number of nitrogens with one attached hydrogen (secondary N) is 1. The summed E-state index contributed by atoms with van der Waals surface area (Å²) in [4.78, 5) is 0. The highest BCUT2D eigenvalue weighted by atomic mass is 16.5. The molecule has 2 heterocycles. The van der Waals surface area contributed by atoms with Gasteiger partial charge in [0, 0.05) is 23.4 Å². The fourth-order valence-electron chi connectivity index (χ4n) is 2.07. The van der Waals surface area contributed by atoms with Gasteiger partial charge in [-0.05, 0) is 25.0 Å². The molecule has 0 atom stereocenters. The normalized spacial score (nSPS) is 13.7. The molecule has 1 aliphatic heterocycles. The van der Waals surface area contributed by atoms with Crippen LogP contribution < -0.4 is 5.32 Å². The second-order valence-corrected chi connectivity index (χ2v) is 3.85. The molecular weight excluding hydrogens is 188 g/mol. The highest BCUT2D eigenvalue weighted by Gasteiger charge is 2.18. The van der Waals surface area contributed by atoms with E-state index in [-0.39, 0.29) is 0 Å². The van der Waals surface area contributed by atoms with Crippen LogP contribution in [0.2, 0.25) is 0 Å². The van der Waals surface area contributed by atoms with Gasteiger partial charge < -0.3 is 9.84 Å². The zero-order valence-electron chi connectivity index (χ0n) is 8.58. The average molecular weight is 200 g/mol. The molecule has 76 valence electrons. The van der Waals surface area contributed by atoms with Gasteiger partial charge in [0.05, 0.1) is 6.20 Å². The fourth-order valence-corrected chi connectivity index (χ4v) is 2.07. The average Bonchev–Trinajstić information content (AvgIpc) is 2.62. The van der Waals surface area contributed by atoms with Crippen LogP contribution in [-0.2, 0) is 6.42 Å². The van der Waals surface area contributed by atoms with Crippen LogP contribution in [0.5, 0.6) is 0 Å². The van der Waals surface area contributed by atoms with Gasteiger partial charge in [-0.25, -0.2) is 0 Å². The number of nitrogens with zero attached hydrogens (tertiary/aromatic N) is 1. The van der Waals surface area contributed by atoms with Gasteiger partial charge >= 0.3 is 0 Å². The zero-order chi connectivity index (χ0) is 10.3. The predicted octanol–water partition coefficient (Wildman–Crippen LogP) is 2.62. The minimum atomic E-state index is 0.915. The molecule has 0 radical (unpaired) electrons. The first-order valence-corrected chi connectivity index (χ1v) is 5.13. The Kier molecular flexibility index (Phi) is 1.78. The molecule has 0 aliphatic carbocycles. The molecule has 0 spiro atoms. The number of benzene rings is 1. The predicted molar refractivity (Wildman–Crippen MR) is 58.9 cm³/mol. The number of aryl methyl sites for hydroxylation is 1. The SMILES string of the molecule is Cc1cccc2c1NCCc1cnoc1-2. The van der Waals surface area contributed by atoms with Crippen molar-refractivity contribution in [2.75, 3.05) is 11.9 Å². The number of hydrogen-bond donors (Lipinski definition) is 1. The Hall–Kier alpha value is -1.77. The summed E-state index contributed by atoms with van der Waals surface area (Å²) in [6.45, 7) is 3.04. The standard InChI is InChI=1S/C12H12N2O/c1-8-3-2-4-10-11(8)13-6-5-9-7-14-15-12(9)10/h2-4,7,13H,5-6H2,1H3. The minimum absolute atomic E-state index is 0.915. The molecule has 0 amide bonds. The first-order valence-electron chi connectivity index (χ1n) is 5.13. The number of aromatic nitrogens is 1. The molecule has 0 unspecified atom stereocenters. The first kappa shape index (κ1) is 8.53. The van der Waals surface area contributed by atoms with E-state index in [0.717, 1.165) is 24.3 Å². The number of fused-ring (bicyclic) bond motifs is 3. The largest absolute Gasteiger partial charge is 0.384 e. The van der Waals surface area contributed by atoms with E-state index < -0.39 is 0 Å². The van der Waals surface area contributed by atoms with Gasteiger partial charge in [-0.15, -0.1) is 0 Å². The monoisotopic (exact) mass is 200 g/mol. The maximum Gasteiger partial charge on any atom is 0.172 e. The Balaban J connectivity index is 2.29. The van der Waals surface area contributed by atoms with E-state index >= 15 is 0 Å². The van der Waals surface area contributed by atoms with E-state index in [2.05, 4.69) is 29.5 Å². The van der Waals surface area contributed by atoms with Gasteiger partial charge in [-0.3, -0.25) is 0 Å². The van der Waals surface area contributed by atoms with Gasteiger partial charge in [-0.1, -0.05) is 17.3 Å². The van der Waals surface area contributed by atoms with Crippen molar-refractivity contribution < 1.29 is 4.52 Å². The summed E-state index contributed by atoms with van der Waals surface area (Å²) in [6, 6.07) is 6.23. The number of hydrogen-bond acceptors (Lipinski definition) is 3. The second kappa shape index (κ2) is 3.12. The topological polar surface area (TPSA) is 38.1 Å². The Labute approximate surface area is 88.1 Å². The molecule has 0 bridgehead atoms. The van der Waals surface area contributed by atoms with E-state index in [9.17, 15) is 0 Å². The van der Waals surface area contributed by atoms with E-state index in [1.807, 2.05) is 12.3 Å². The van der Waals surface area contributed by atoms with Crippen molar-refractivity contribution in [2.45, 2.75) is 13.3 Å². The van der Waals surface area contributed by atoms with Crippen LogP contribution in [0.3, 0.4) is 0 Å². The highest BCUT2D eigenvalue weighted by molar-refractivity contribution is 5.79. The lowest BCUT2D eigenvalue weighted by Gasteiger charge is -2.09. The molecule has 1 aromatic carbocycles. The van der Waals surface area contributed by atoms with Crippen LogP contribution >= 0.6 is 0 Å². The molecule has 3 nitrogen and oxygen atoms in total. The molecule has 3 rings (SSSR count). The lowest BCUT2D eigenvalue weighted by Crippen LogP contribution is -2.03. The van der Waals surface area contributed by atoms with Crippen LogP contribution in [0.1, 0.15) is 11.1 Å². The van der Waals surface area contributed by atoms with Crippen LogP contribution in [0.15, 0.2) is 28.9 Å². The van der Waals surface area contributed by atoms with Crippen LogP contribution in [0, 0.1) is 6.92 Å². The maximum atomic E-state index is 5.33. The van der Waals surface area contributed by atoms with Crippen molar-refractivity contribution >= 4 is 5.69 Å².